The quantitative estimate of drug-likeness (QED) is 0.623. The summed E-state index contributed by atoms with van der Waals surface area (Å²) in [5, 5.41) is 10.8. The van der Waals surface area contributed by atoms with Gasteiger partial charge in [0.05, 0.1) is 11.5 Å². The summed E-state index contributed by atoms with van der Waals surface area (Å²) in [6, 6.07) is 5.08. The number of aryl methyl sites for hydroxylation is 1. The molecule has 0 saturated carbocycles. The standard InChI is InChI=1S/C13H14N4O2/c1-15-7-5-14-13(15)9-16-6-4-10-2-3-11(17(18)19)8-12(10)16/h2-3,5,7-8H,4,6,9H2,1H3. The minimum Gasteiger partial charge on any atom is -0.363 e. The SMILES string of the molecule is Cn1ccnc1CN1CCc2ccc([N+](=O)[O-])cc21. The van der Waals surface area contributed by atoms with E-state index in [2.05, 4.69) is 9.88 Å². The number of nitrogens with zero attached hydrogens (tertiary/aromatic N) is 4. The number of nitro groups is 1. The molecule has 0 radical (unpaired) electrons. The van der Waals surface area contributed by atoms with Crippen LogP contribution in [0.2, 0.25) is 0 Å². The highest BCUT2D eigenvalue weighted by Crippen LogP contribution is 2.32. The summed E-state index contributed by atoms with van der Waals surface area (Å²) in [6.07, 6.45) is 4.59. The van der Waals surface area contributed by atoms with Crippen molar-refractivity contribution in [1.29, 1.82) is 0 Å². The van der Waals surface area contributed by atoms with Crippen molar-refractivity contribution in [2.24, 2.45) is 7.05 Å². The fourth-order valence-electron chi connectivity index (χ4n) is 2.43. The Morgan fingerprint density at radius 3 is 3.00 bits per heavy atom. The second kappa shape index (κ2) is 4.38. The summed E-state index contributed by atoms with van der Waals surface area (Å²) in [7, 11) is 1.95. The number of hydrogen-bond acceptors (Lipinski definition) is 4. The predicted octanol–water partition coefficient (Wildman–Crippen LogP) is 1.89. The van der Waals surface area contributed by atoms with E-state index < -0.39 is 0 Å². The molecule has 6 nitrogen and oxygen atoms in total. The molecule has 0 saturated heterocycles. The maximum atomic E-state index is 10.8. The first kappa shape index (κ1) is 11.7. The first-order chi connectivity index (χ1) is 9.15. The van der Waals surface area contributed by atoms with Crippen LogP contribution in [0.1, 0.15) is 11.4 Å². The van der Waals surface area contributed by atoms with Crippen molar-refractivity contribution in [3.63, 3.8) is 0 Å². The van der Waals surface area contributed by atoms with Crippen LogP contribution in [-0.4, -0.2) is 21.0 Å². The molecule has 1 aromatic carbocycles. The molecule has 2 heterocycles. The zero-order chi connectivity index (χ0) is 13.4. The van der Waals surface area contributed by atoms with Crippen molar-refractivity contribution in [1.82, 2.24) is 9.55 Å². The lowest BCUT2D eigenvalue weighted by atomic mass is 10.1. The van der Waals surface area contributed by atoms with Gasteiger partial charge in [0.15, 0.2) is 0 Å². The number of non-ortho nitro benzene ring substituents is 1. The molecule has 2 aromatic rings. The van der Waals surface area contributed by atoms with Gasteiger partial charge in [0, 0.05) is 43.8 Å². The maximum Gasteiger partial charge on any atom is 0.271 e. The van der Waals surface area contributed by atoms with Gasteiger partial charge in [-0.25, -0.2) is 4.98 Å². The smallest absolute Gasteiger partial charge is 0.271 e. The fourth-order valence-corrected chi connectivity index (χ4v) is 2.43. The first-order valence-electron chi connectivity index (χ1n) is 6.13. The van der Waals surface area contributed by atoms with Crippen LogP contribution in [0, 0.1) is 10.1 Å². The van der Waals surface area contributed by atoms with Crippen LogP contribution in [0.3, 0.4) is 0 Å². The van der Waals surface area contributed by atoms with Gasteiger partial charge in [-0.3, -0.25) is 10.1 Å². The molecular weight excluding hydrogens is 244 g/mol. The van der Waals surface area contributed by atoms with Crippen molar-refractivity contribution in [2.45, 2.75) is 13.0 Å². The van der Waals surface area contributed by atoms with Crippen LogP contribution in [-0.2, 0) is 20.0 Å². The molecule has 6 heteroatoms. The van der Waals surface area contributed by atoms with Crippen LogP contribution in [0.25, 0.3) is 0 Å². The molecule has 98 valence electrons. The van der Waals surface area contributed by atoms with Gasteiger partial charge in [0.1, 0.15) is 5.82 Å². The Morgan fingerprint density at radius 1 is 1.47 bits per heavy atom. The Labute approximate surface area is 110 Å². The molecule has 1 aromatic heterocycles. The second-order valence-electron chi connectivity index (χ2n) is 4.70. The molecule has 1 aliphatic rings. The van der Waals surface area contributed by atoms with E-state index in [1.807, 2.05) is 23.9 Å². The van der Waals surface area contributed by atoms with Gasteiger partial charge >= 0.3 is 0 Å². The van der Waals surface area contributed by atoms with Gasteiger partial charge in [-0.05, 0) is 12.0 Å². The highest BCUT2D eigenvalue weighted by molar-refractivity contribution is 5.62. The van der Waals surface area contributed by atoms with Crippen LogP contribution in [0.4, 0.5) is 11.4 Å². The Hall–Kier alpha value is -2.37. The average molecular weight is 258 g/mol. The number of fused-ring (bicyclic) bond motifs is 1. The second-order valence-corrected chi connectivity index (χ2v) is 4.70. The van der Waals surface area contributed by atoms with Crippen LogP contribution >= 0.6 is 0 Å². The summed E-state index contributed by atoms with van der Waals surface area (Å²) < 4.78 is 1.97. The third-order valence-corrected chi connectivity index (χ3v) is 3.52. The van der Waals surface area contributed by atoms with Gasteiger partial charge in [0.25, 0.3) is 5.69 Å². The van der Waals surface area contributed by atoms with E-state index in [1.165, 1.54) is 5.56 Å². The Kier molecular flexibility index (Phi) is 2.70. The normalized spacial score (nSPS) is 13.6. The van der Waals surface area contributed by atoms with Gasteiger partial charge in [-0.2, -0.15) is 0 Å². The molecule has 1 aliphatic heterocycles. The molecule has 0 spiro atoms. The van der Waals surface area contributed by atoms with E-state index in [0.29, 0.717) is 6.54 Å². The van der Waals surface area contributed by atoms with Crippen LogP contribution < -0.4 is 4.90 Å². The molecule has 0 unspecified atom stereocenters. The lowest BCUT2D eigenvalue weighted by molar-refractivity contribution is -0.384. The molecular formula is C13H14N4O2. The van der Waals surface area contributed by atoms with Crippen molar-refractivity contribution in [2.75, 3.05) is 11.4 Å². The van der Waals surface area contributed by atoms with E-state index in [9.17, 15) is 10.1 Å². The van der Waals surface area contributed by atoms with E-state index >= 15 is 0 Å². The molecule has 0 atom stereocenters. The van der Waals surface area contributed by atoms with Gasteiger partial charge in [0.2, 0.25) is 0 Å². The van der Waals surface area contributed by atoms with Crippen molar-refractivity contribution < 1.29 is 4.92 Å². The monoisotopic (exact) mass is 258 g/mol. The molecule has 0 fully saturated rings. The molecule has 0 aliphatic carbocycles. The predicted molar refractivity (Wildman–Crippen MR) is 71.1 cm³/mol. The summed E-state index contributed by atoms with van der Waals surface area (Å²) >= 11 is 0. The van der Waals surface area contributed by atoms with E-state index in [-0.39, 0.29) is 10.6 Å². The number of imidazole rings is 1. The van der Waals surface area contributed by atoms with Crippen molar-refractivity contribution >= 4 is 11.4 Å². The molecule has 0 amide bonds. The third kappa shape index (κ3) is 2.05. The van der Waals surface area contributed by atoms with Gasteiger partial charge in [-0.15, -0.1) is 0 Å². The average Bonchev–Trinajstić information content (AvgIpc) is 2.97. The fraction of sp³-hybridized carbons (Fsp3) is 0.308. The summed E-state index contributed by atoms with van der Waals surface area (Å²) in [6.45, 7) is 1.56. The van der Waals surface area contributed by atoms with Crippen LogP contribution in [0.15, 0.2) is 30.6 Å². The molecule has 3 rings (SSSR count). The maximum absolute atomic E-state index is 10.8. The number of rotatable bonds is 3. The Balaban J connectivity index is 1.90. The third-order valence-electron chi connectivity index (χ3n) is 3.52. The lowest BCUT2D eigenvalue weighted by Crippen LogP contribution is -2.21. The number of hydrogen-bond donors (Lipinski definition) is 0. The molecule has 0 bridgehead atoms. The Bertz CT molecular complexity index is 635. The number of aromatic nitrogens is 2. The van der Waals surface area contributed by atoms with E-state index in [0.717, 1.165) is 24.5 Å². The molecule has 19 heavy (non-hydrogen) atoms. The minimum atomic E-state index is -0.350. The van der Waals surface area contributed by atoms with Gasteiger partial charge < -0.3 is 9.47 Å². The highest BCUT2D eigenvalue weighted by atomic mass is 16.6. The first-order valence-corrected chi connectivity index (χ1v) is 6.13. The zero-order valence-electron chi connectivity index (χ0n) is 10.6. The number of anilines is 1. The van der Waals surface area contributed by atoms with E-state index in [4.69, 9.17) is 0 Å². The van der Waals surface area contributed by atoms with Crippen LogP contribution in [0.5, 0.6) is 0 Å². The summed E-state index contributed by atoms with van der Waals surface area (Å²) in [5.41, 5.74) is 2.27. The molecule has 0 N–H and O–H groups in total. The summed E-state index contributed by atoms with van der Waals surface area (Å²) in [4.78, 5) is 16.9. The van der Waals surface area contributed by atoms with Crippen molar-refractivity contribution in [3.8, 4) is 0 Å². The Morgan fingerprint density at radius 2 is 2.32 bits per heavy atom. The largest absolute Gasteiger partial charge is 0.363 e. The highest BCUT2D eigenvalue weighted by Gasteiger charge is 2.22. The minimum absolute atomic E-state index is 0.144. The van der Waals surface area contributed by atoms with Gasteiger partial charge in [-0.1, -0.05) is 6.07 Å². The summed E-state index contributed by atoms with van der Waals surface area (Å²) in [5.74, 6) is 0.958. The zero-order valence-corrected chi connectivity index (χ0v) is 10.6. The number of benzene rings is 1. The number of nitro benzene ring substituents is 1. The lowest BCUT2D eigenvalue weighted by Gasteiger charge is -2.18. The van der Waals surface area contributed by atoms with E-state index in [1.54, 1.807) is 18.3 Å². The topological polar surface area (TPSA) is 64.2 Å². The van der Waals surface area contributed by atoms with Crippen molar-refractivity contribution in [3.05, 3.63) is 52.1 Å².